The molecule has 156 valence electrons. The van der Waals surface area contributed by atoms with Gasteiger partial charge in [-0.1, -0.05) is 64.5 Å². The number of hydrogen-bond acceptors (Lipinski definition) is 6. The van der Waals surface area contributed by atoms with Gasteiger partial charge in [-0.15, -0.1) is 0 Å². The summed E-state index contributed by atoms with van der Waals surface area (Å²) in [6.07, 6.45) is -0.243. The Bertz CT molecular complexity index is 1050. The number of para-hydroxylation sites is 1. The number of ether oxygens (including phenoxy) is 2. The highest BCUT2D eigenvalue weighted by Crippen LogP contribution is 2.34. The van der Waals surface area contributed by atoms with Crippen molar-refractivity contribution in [3.05, 3.63) is 71.5 Å². The fraction of sp³-hybridized carbons (Fsp3) is 0.261. The molecule has 2 aromatic carbocycles. The third kappa shape index (κ3) is 4.16. The van der Waals surface area contributed by atoms with E-state index < -0.39 is 16.3 Å². The number of fused-ring (bicyclic) bond motifs is 1. The van der Waals surface area contributed by atoms with Crippen LogP contribution in [0.25, 0.3) is 11.0 Å². The van der Waals surface area contributed by atoms with Crippen LogP contribution in [0.4, 0.5) is 0 Å². The summed E-state index contributed by atoms with van der Waals surface area (Å²) < 4.78 is 14.3. The average molecular weight is 473 g/mol. The van der Waals surface area contributed by atoms with Crippen LogP contribution in [0.5, 0.6) is 0 Å². The summed E-state index contributed by atoms with van der Waals surface area (Å²) in [6.45, 7) is 3.45. The van der Waals surface area contributed by atoms with Crippen LogP contribution in [0, 0.1) is 0 Å². The van der Waals surface area contributed by atoms with Gasteiger partial charge in [0.2, 0.25) is 4.32 Å². The number of carbonyl (C=O) groups is 3. The normalized spacial score (nSPS) is 11.3. The van der Waals surface area contributed by atoms with Gasteiger partial charge in [0.1, 0.15) is 11.3 Å². The van der Waals surface area contributed by atoms with E-state index in [1.807, 2.05) is 6.07 Å². The topological polar surface area (TPSA) is 82.8 Å². The third-order valence-electron chi connectivity index (χ3n) is 4.53. The highest BCUT2D eigenvalue weighted by molar-refractivity contribution is 9.10. The lowest BCUT2D eigenvalue weighted by Gasteiger charge is -2.22. The molecule has 0 radical (unpaired) electrons. The second-order valence-corrected chi connectivity index (χ2v) is 7.86. The van der Waals surface area contributed by atoms with E-state index in [1.54, 1.807) is 62.4 Å². The summed E-state index contributed by atoms with van der Waals surface area (Å²) >= 11 is 3.23. The summed E-state index contributed by atoms with van der Waals surface area (Å²) in [6, 6.07) is 15.8. The molecule has 0 saturated carbocycles. The molecular weight excluding hydrogens is 452 g/mol. The molecule has 1 aromatic heterocycles. The lowest BCUT2D eigenvalue weighted by atomic mass is 9.95. The minimum atomic E-state index is -1.83. The highest BCUT2D eigenvalue weighted by Gasteiger charge is 2.48. The van der Waals surface area contributed by atoms with Crippen LogP contribution in [0.3, 0.4) is 0 Å². The first-order valence-electron chi connectivity index (χ1n) is 9.55. The first-order valence-corrected chi connectivity index (χ1v) is 10.3. The Labute approximate surface area is 182 Å². The zero-order chi connectivity index (χ0) is 21.7. The van der Waals surface area contributed by atoms with Gasteiger partial charge in [0.15, 0.2) is 5.78 Å². The molecule has 30 heavy (non-hydrogen) atoms. The first-order chi connectivity index (χ1) is 14.4. The van der Waals surface area contributed by atoms with E-state index in [9.17, 15) is 14.4 Å². The number of carbonyl (C=O) groups excluding carboxylic acids is 3. The zero-order valence-electron chi connectivity index (χ0n) is 16.6. The fourth-order valence-electron chi connectivity index (χ4n) is 3.14. The summed E-state index contributed by atoms with van der Waals surface area (Å²) in [7, 11) is 0. The largest absolute Gasteiger partial charge is 0.464 e. The molecule has 0 fully saturated rings. The van der Waals surface area contributed by atoms with Gasteiger partial charge < -0.3 is 13.9 Å². The van der Waals surface area contributed by atoms with Gasteiger partial charge in [-0.3, -0.25) is 4.79 Å². The van der Waals surface area contributed by atoms with Crippen LogP contribution < -0.4 is 0 Å². The average Bonchev–Trinajstić information content (AvgIpc) is 3.11. The van der Waals surface area contributed by atoms with Crippen LogP contribution in [0.2, 0.25) is 0 Å². The quantitative estimate of drug-likeness (QED) is 0.208. The van der Waals surface area contributed by atoms with Gasteiger partial charge in [-0.05, 0) is 19.9 Å². The predicted molar refractivity (Wildman–Crippen MR) is 115 cm³/mol. The van der Waals surface area contributed by atoms with Gasteiger partial charge in [0, 0.05) is 17.4 Å². The van der Waals surface area contributed by atoms with E-state index in [1.165, 1.54) is 0 Å². The van der Waals surface area contributed by atoms with Crippen molar-refractivity contribution in [1.82, 2.24) is 0 Å². The first kappa shape index (κ1) is 21.8. The third-order valence-corrected chi connectivity index (χ3v) is 5.46. The number of esters is 2. The second-order valence-electron chi connectivity index (χ2n) is 6.51. The number of rotatable bonds is 8. The van der Waals surface area contributed by atoms with Gasteiger partial charge in [-0.25, -0.2) is 9.59 Å². The fourth-order valence-corrected chi connectivity index (χ4v) is 3.63. The zero-order valence-corrected chi connectivity index (χ0v) is 18.2. The Morgan fingerprint density at radius 3 is 2.07 bits per heavy atom. The van der Waals surface area contributed by atoms with Gasteiger partial charge in [0.25, 0.3) is 0 Å². The summed E-state index contributed by atoms with van der Waals surface area (Å²) in [5, 5.41) is 0.601. The molecule has 0 aliphatic heterocycles. The maximum absolute atomic E-state index is 13.3. The highest BCUT2D eigenvalue weighted by atomic mass is 79.9. The molecule has 1 heterocycles. The molecular formula is C23H21BrO6. The van der Waals surface area contributed by atoms with Gasteiger partial charge >= 0.3 is 11.9 Å². The molecule has 0 amide bonds. The van der Waals surface area contributed by atoms with Crippen molar-refractivity contribution < 1.29 is 28.3 Å². The molecule has 0 bridgehead atoms. The maximum atomic E-state index is 13.3. The van der Waals surface area contributed by atoms with Crippen molar-refractivity contribution in [2.45, 2.75) is 24.6 Å². The van der Waals surface area contributed by atoms with Gasteiger partial charge in [0.05, 0.1) is 18.8 Å². The lowest BCUT2D eigenvalue weighted by molar-refractivity contribution is -0.158. The van der Waals surface area contributed by atoms with E-state index in [0.717, 1.165) is 0 Å². The predicted octanol–water partition coefficient (Wildman–Crippen LogP) is 4.47. The van der Waals surface area contributed by atoms with Crippen molar-refractivity contribution in [3.8, 4) is 0 Å². The van der Waals surface area contributed by atoms with Gasteiger partial charge in [-0.2, -0.15) is 0 Å². The number of hydrogen-bond donors (Lipinski definition) is 0. The van der Waals surface area contributed by atoms with Crippen LogP contribution in [0.1, 0.15) is 35.5 Å². The molecule has 0 saturated heterocycles. The van der Waals surface area contributed by atoms with E-state index in [-0.39, 0.29) is 31.2 Å². The maximum Gasteiger partial charge on any atom is 0.334 e. The van der Waals surface area contributed by atoms with Crippen LogP contribution in [-0.4, -0.2) is 35.3 Å². The Morgan fingerprint density at radius 1 is 0.900 bits per heavy atom. The molecule has 0 aliphatic rings. The molecule has 0 N–H and O–H groups in total. The number of ketones is 1. The summed E-state index contributed by atoms with van der Waals surface area (Å²) in [5.74, 6) is -1.68. The minimum Gasteiger partial charge on any atom is -0.464 e. The van der Waals surface area contributed by atoms with Crippen LogP contribution in [-0.2, 0) is 25.5 Å². The van der Waals surface area contributed by atoms with E-state index in [2.05, 4.69) is 15.9 Å². The monoisotopic (exact) mass is 472 g/mol. The molecule has 0 spiro atoms. The molecule has 6 nitrogen and oxygen atoms in total. The minimum absolute atomic E-state index is 0.0848. The molecule has 0 aliphatic carbocycles. The lowest BCUT2D eigenvalue weighted by Crippen LogP contribution is -2.45. The second kappa shape index (κ2) is 9.26. The van der Waals surface area contributed by atoms with Crippen molar-refractivity contribution in [2.75, 3.05) is 13.2 Å². The van der Waals surface area contributed by atoms with Crippen molar-refractivity contribution in [2.24, 2.45) is 0 Å². The van der Waals surface area contributed by atoms with Crippen molar-refractivity contribution >= 4 is 44.6 Å². The molecule has 3 rings (SSSR count). The summed E-state index contributed by atoms with van der Waals surface area (Å²) in [5.41, 5.74) is 1.25. The smallest absolute Gasteiger partial charge is 0.334 e. The van der Waals surface area contributed by atoms with Crippen LogP contribution >= 0.6 is 15.9 Å². The molecule has 0 unspecified atom stereocenters. The summed E-state index contributed by atoms with van der Waals surface area (Å²) in [4.78, 5) is 38.6. The number of benzene rings is 2. The number of furan rings is 1. The Balaban J connectivity index is 2.13. The van der Waals surface area contributed by atoms with Crippen molar-refractivity contribution in [3.63, 3.8) is 0 Å². The van der Waals surface area contributed by atoms with E-state index in [4.69, 9.17) is 13.9 Å². The Morgan fingerprint density at radius 2 is 1.47 bits per heavy atom. The van der Waals surface area contributed by atoms with Crippen molar-refractivity contribution in [1.29, 1.82) is 0 Å². The Kier molecular flexibility index (Phi) is 6.72. The van der Waals surface area contributed by atoms with E-state index in [0.29, 0.717) is 22.1 Å². The SMILES string of the molecule is CCOC(=O)C(Br)(Cc1oc2ccccc2c1C(=O)c1ccccc1)C(=O)OCC. The number of alkyl halides is 1. The van der Waals surface area contributed by atoms with Crippen LogP contribution in [0.15, 0.2) is 59.0 Å². The molecule has 3 aromatic rings. The van der Waals surface area contributed by atoms with E-state index >= 15 is 0 Å². The Hall–Kier alpha value is -2.93. The molecule has 0 atom stereocenters. The number of halogens is 1. The standard InChI is InChI=1S/C23H21BrO6/c1-3-28-21(26)23(24,22(27)29-4-2)14-18-19(16-12-8-9-13-17(16)30-18)20(25)15-10-6-5-7-11-15/h5-13H,3-4,14H2,1-2H3. The molecule has 7 heteroatoms.